The number of anilines is 1. The number of sulfone groups is 1. The predicted octanol–water partition coefficient (Wildman–Crippen LogP) is 1.19. The number of amides is 3. The molecular weight excluding hydrogens is 394 g/mol. The average Bonchev–Trinajstić information content (AvgIpc) is 3.16. The Bertz CT molecular complexity index is 918. The first kappa shape index (κ1) is 21.3. The van der Waals surface area contributed by atoms with E-state index in [1.165, 1.54) is 4.90 Å². The Balaban J connectivity index is 1.58. The Labute approximate surface area is 170 Å². The van der Waals surface area contributed by atoms with Gasteiger partial charge in [0, 0.05) is 35.8 Å². The number of carbonyl (C=O) groups is 3. The molecule has 1 aromatic rings. The van der Waals surface area contributed by atoms with Gasteiger partial charge in [-0.25, -0.2) is 8.42 Å². The lowest BCUT2D eigenvalue weighted by Gasteiger charge is -2.23. The van der Waals surface area contributed by atoms with Crippen molar-refractivity contribution in [2.24, 2.45) is 5.92 Å². The number of carbonyl (C=O) groups excluding carboxylic acids is 3. The van der Waals surface area contributed by atoms with Gasteiger partial charge in [0.25, 0.3) is 5.91 Å². The summed E-state index contributed by atoms with van der Waals surface area (Å²) < 4.78 is 23.3. The molecule has 158 valence electrons. The Morgan fingerprint density at radius 1 is 1.14 bits per heavy atom. The van der Waals surface area contributed by atoms with Crippen LogP contribution in [0.4, 0.5) is 5.69 Å². The van der Waals surface area contributed by atoms with E-state index in [-0.39, 0.29) is 53.8 Å². The summed E-state index contributed by atoms with van der Waals surface area (Å²) in [7, 11) is -3.09. The quantitative estimate of drug-likeness (QED) is 0.758. The summed E-state index contributed by atoms with van der Waals surface area (Å²) in [6.45, 7) is 5.92. The maximum absolute atomic E-state index is 12.6. The van der Waals surface area contributed by atoms with Crippen molar-refractivity contribution in [1.29, 1.82) is 0 Å². The molecule has 0 aliphatic carbocycles. The molecule has 8 nitrogen and oxygen atoms in total. The van der Waals surface area contributed by atoms with Crippen molar-refractivity contribution in [3.8, 4) is 0 Å². The Hall–Kier alpha value is -2.42. The van der Waals surface area contributed by atoms with Gasteiger partial charge in [-0.2, -0.15) is 0 Å². The third kappa shape index (κ3) is 5.35. The second-order valence-electron chi connectivity index (χ2n) is 8.77. The van der Waals surface area contributed by atoms with E-state index in [9.17, 15) is 22.8 Å². The molecule has 29 heavy (non-hydrogen) atoms. The van der Waals surface area contributed by atoms with E-state index in [1.807, 2.05) is 20.8 Å². The van der Waals surface area contributed by atoms with Crippen molar-refractivity contribution in [2.75, 3.05) is 23.4 Å². The second kappa shape index (κ2) is 7.78. The van der Waals surface area contributed by atoms with Gasteiger partial charge in [-0.05, 0) is 51.5 Å². The molecule has 2 heterocycles. The van der Waals surface area contributed by atoms with Crippen molar-refractivity contribution in [3.05, 3.63) is 29.8 Å². The van der Waals surface area contributed by atoms with Gasteiger partial charge >= 0.3 is 0 Å². The lowest BCUT2D eigenvalue weighted by Crippen LogP contribution is -2.40. The van der Waals surface area contributed by atoms with Gasteiger partial charge in [-0.3, -0.25) is 14.4 Å². The summed E-state index contributed by atoms with van der Waals surface area (Å²) in [5, 5.41) is 5.65. The summed E-state index contributed by atoms with van der Waals surface area (Å²) in [5.74, 6) is -1.11. The number of benzene rings is 1. The zero-order valence-corrected chi connectivity index (χ0v) is 17.7. The van der Waals surface area contributed by atoms with Gasteiger partial charge in [0.15, 0.2) is 9.84 Å². The van der Waals surface area contributed by atoms with Crippen LogP contribution in [0.5, 0.6) is 0 Å². The van der Waals surface area contributed by atoms with Gasteiger partial charge in [-0.1, -0.05) is 0 Å². The van der Waals surface area contributed by atoms with Gasteiger partial charge in [0.2, 0.25) is 11.8 Å². The number of hydrogen-bond acceptors (Lipinski definition) is 5. The SMILES string of the molecule is CC(C)(C)NC(=O)c1ccc(NC(=O)C2CC(=O)N(C3CCS(=O)(=O)C3)C2)cc1. The van der Waals surface area contributed by atoms with Gasteiger partial charge in [0.05, 0.1) is 17.4 Å². The minimum absolute atomic E-state index is 0.0226. The van der Waals surface area contributed by atoms with Gasteiger partial charge < -0.3 is 15.5 Å². The molecule has 0 aromatic heterocycles. The minimum Gasteiger partial charge on any atom is -0.347 e. The molecule has 1 aromatic carbocycles. The standard InChI is InChI=1S/C20H27N3O5S/c1-20(2,3)22-19(26)13-4-6-15(7-5-13)21-18(25)14-10-17(24)23(11-14)16-8-9-29(27,28)12-16/h4-7,14,16H,8-12H2,1-3H3,(H,21,25)(H,22,26). The molecule has 0 bridgehead atoms. The number of nitrogens with one attached hydrogen (secondary N) is 2. The normalized spacial score (nSPS) is 23.8. The first-order valence-electron chi connectivity index (χ1n) is 9.67. The summed E-state index contributed by atoms with van der Waals surface area (Å²) in [4.78, 5) is 38.5. The number of rotatable bonds is 4. The van der Waals surface area contributed by atoms with Crippen molar-refractivity contribution >= 4 is 33.2 Å². The molecule has 2 aliphatic heterocycles. The van der Waals surface area contributed by atoms with Gasteiger partial charge in [0.1, 0.15) is 0 Å². The van der Waals surface area contributed by atoms with E-state index in [1.54, 1.807) is 24.3 Å². The fourth-order valence-electron chi connectivity index (χ4n) is 3.64. The van der Waals surface area contributed by atoms with E-state index >= 15 is 0 Å². The van der Waals surface area contributed by atoms with E-state index in [4.69, 9.17) is 0 Å². The highest BCUT2D eigenvalue weighted by molar-refractivity contribution is 7.91. The Kier molecular flexibility index (Phi) is 5.71. The van der Waals surface area contributed by atoms with Crippen molar-refractivity contribution in [2.45, 2.75) is 45.2 Å². The van der Waals surface area contributed by atoms with Crippen molar-refractivity contribution < 1.29 is 22.8 Å². The largest absolute Gasteiger partial charge is 0.347 e. The highest BCUT2D eigenvalue weighted by Crippen LogP contribution is 2.27. The average molecular weight is 422 g/mol. The predicted molar refractivity (Wildman–Crippen MR) is 109 cm³/mol. The topological polar surface area (TPSA) is 113 Å². The first-order chi connectivity index (χ1) is 13.4. The minimum atomic E-state index is -3.09. The molecule has 0 spiro atoms. The molecule has 2 unspecified atom stereocenters. The maximum atomic E-state index is 12.6. The third-order valence-electron chi connectivity index (χ3n) is 5.08. The zero-order valence-electron chi connectivity index (χ0n) is 16.9. The van der Waals surface area contributed by atoms with E-state index in [0.717, 1.165) is 0 Å². The highest BCUT2D eigenvalue weighted by atomic mass is 32.2. The van der Waals surface area contributed by atoms with E-state index in [0.29, 0.717) is 17.7 Å². The molecule has 0 radical (unpaired) electrons. The molecule has 3 rings (SSSR count). The molecule has 9 heteroatoms. The van der Waals surface area contributed by atoms with Gasteiger partial charge in [-0.15, -0.1) is 0 Å². The molecule has 2 N–H and O–H groups in total. The maximum Gasteiger partial charge on any atom is 0.251 e. The number of nitrogens with zero attached hydrogens (tertiary/aromatic N) is 1. The van der Waals surface area contributed by atoms with Crippen LogP contribution >= 0.6 is 0 Å². The van der Waals surface area contributed by atoms with E-state index in [2.05, 4.69) is 10.6 Å². The molecule has 2 atom stereocenters. The number of likely N-dealkylation sites (tertiary alicyclic amines) is 1. The molecular formula is C20H27N3O5S. The van der Waals surface area contributed by atoms with Crippen LogP contribution in [-0.4, -0.2) is 60.7 Å². The molecule has 2 aliphatic rings. The lowest BCUT2D eigenvalue weighted by atomic mass is 10.1. The van der Waals surface area contributed by atoms with Crippen LogP contribution in [0.3, 0.4) is 0 Å². The van der Waals surface area contributed by atoms with Crippen LogP contribution in [0.1, 0.15) is 44.0 Å². The third-order valence-corrected chi connectivity index (χ3v) is 6.83. The molecule has 3 amide bonds. The van der Waals surface area contributed by atoms with Crippen molar-refractivity contribution in [3.63, 3.8) is 0 Å². The van der Waals surface area contributed by atoms with Crippen LogP contribution in [-0.2, 0) is 19.4 Å². The van der Waals surface area contributed by atoms with Crippen LogP contribution in [0.25, 0.3) is 0 Å². The fraction of sp³-hybridized carbons (Fsp3) is 0.550. The number of hydrogen-bond donors (Lipinski definition) is 2. The van der Waals surface area contributed by atoms with Crippen LogP contribution in [0.2, 0.25) is 0 Å². The lowest BCUT2D eigenvalue weighted by molar-refractivity contribution is -0.129. The van der Waals surface area contributed by atoms with Crippen LogP contribution < -0.4 is 10.6 Å². The van der Waals surface area contributed by atoms with Crippen LogP contribution in [0, 0.1) is 5.92 Å². The molecule has 2 saturated heterocycles. The monoisotopic (exact) mass is 421 g/mol. The summed E-state index contributed by atoms with van der Waals surface area (Å²) >= 11 is 0. The highest BCUT2D eigenvalue weighted by Gasteiger charge is 2.41. The Morgan fingerprint density at radius 3 is 2.34 bits per heavy atom. The fourth-order valence-corrected chi connectivity index (χ4v) is 5.37. The second-order valence-corrected chi connectivity index (χ2v) is 11.0. The summed E-state index contributed by atoms with van der Waals surface area (Å²) in [6.07, 6.45) is 0.509. The molecule has 0 saturated carbocycles. The first-order valence-corrected chi connectivity index (χ1v) is 11.5. The Morgan fingerprint density at radius 2 is 1.79 bits per heavy atom. The molecule has 2 fully saturated rings. The summed E-state index contributed by atoms with van der Waals surface area (Å²) in [5.41, 5.74) is 0.683. The van der Waals surface area contributed by atoms with Crippen molar-refractivity contribution in [1.82, 2.24) is 10.2 Å². The van der Waals surface area contributed by atoms with Crippen LogP contribution in [0.15, 0.2) is 24.3 Å². The zero-order chi connectivity index (χ0) is 21.4. The van der Waals surface area contributed by atoms with E-state index < -0.39 is 15.8 Å². The smallest absolute Gasteiger partial charge is 0.251 e. The summed E-state index contributed by atoms with van der Waals surface area (Å²) in [6, 6.07) is 6.23.